The maximum Gasteiger partial charge on any atom is 0.341 e. The third-order valence-corrected chi connectivity index (χ3v) is 9.24. The lowest BCUT2D eigenvalue weighted by Gasteiger charge is -2.20. The van der Waals surface area contributed by atoms with Crippen molar-refractivity contribution in [3.8, 4) is 0 Å². The molecular formula is C26H31N3O3S2. The highest BCUT2D eigenvalue weighted by Crippen LogP contribution is 2.40. The van der Waals surface area contributed by atoms with Gasteiger partial charge in [-0.15, -0.1) is 22.7 Å². The van der Waals surface area contributed by atoms with Crippen molar-refractivity contribution in [3.05, 3.63) is 38.2 Å². The van der Waals surface area contributed by atoms with Crippen molar-refractivity contribution in [2.45, 2.75) is 71.6 Å². The lowest BCUT2D eigenvalue weighted by molar-refractivity contribution is 0.0526. The van der Waals surface area contributed by atoms with Crippen LogP contribution in [0.2, 0.25) is 0 Å². The van der Waals surface area contributed by atoms with Gasteiger partial charge in [0.25, 0.3) is 5.91 Å². The van der Waals surface area contributed by atoms with Gasteiger partial charge in [0.05, 0.1) is 17.9 Å². The highest BCUT2D eigenvalue weighted by atomic mass is 32.1. The van der Waals surface area contributed by atoms with Crippen molar-refractivity contribution >= 4 is 55.5 Å². The summed E-state index contributed by atoms with van der Waals surface area (Å²) in [6.45, 7) is 4.36. The van der Waals surface area contributed by atoms with Crippen molar-refractivity contribution in [1.82, 2.24) is 4.98 Å². The molecule has 0 saturated carbocycles. The second-order valence-corrected chi connectivity index (χ2v) is 11.5. The fourth-order valence-electron chi connectivity index (χ4n) is 5.13. The van der Waals surface area contributed by atoms with E-state index in [2.05, 4.69) is 18.3 Å². The first-order valence-corrected chi connectivity index (χ1v) is 13.9. The Labute approximate surface area is 207 Å². The summed E-state index contributed by atoms with van der Waals surface area (Å²) < 4.78 is 5.37. The summed E-state index contributed by atoms with van der Waals surface area (Å²) in [6.07, 6.45) is 9.38. The zero-order valence-electron chi connectivity index (χ0n) is 19.8. The number of hydrogen-bond acceptors (Lipinski definition) is 7. The predicted octanol–water partition coefficient (Wildman–Crippen LogP) is 6.15. The number of thiophene rings is 2. The summed E-state index contributed by atoms with van der Waals surface area (Å²) in [5, 5.41) is 4.45. The number of carbonyl (C=O) groups excluding carboxylic acids is 2. The maximum absolute atomic E-state index is 13.4. The number of nitrogens with one attached hydrogen (secondary N) is 1. The number of anilines is 2. The molecule has 180 valence electrons. The normalized spacial score (nSPS) is 18.0. The van der Waals surface area contributed by atoms with Crippen LogP contribution in [0.25, 0.3) is 10.2 Å². The predicted molar refractivity (Wildman–Crippen MR) is 139 cm³/mol. The van der Waals surface area contributed by atoms with Gasteiger partial charge >= 0.3 is 5.97 Å². The Hall–Kier alpha value is -2.45. The first kappa shape index (κ1) is 23.3. The summed E-state index contributed by atoms with van der Waals surface area (Å²) in [4.78, 5) is 33.6. The Morgan fingerprint density at radius 1 is 1.18 bits per heavy atom. The Kier molecular flexibility index (Phi) is 6.62. The van der Waals surface area contributed by atoms with Crippen molar-refractivity contribution < 1.29 is 14.3 Å². The minimum absolute atomic E-state index is 0.286. The molecule has 0 aliphatic heterocycles. The highest BCUT2D eigenvalue weighted by Gasteiger charge is 2.28. The van der Waals surface area contributed by atoms with Crippen LogP contribution in [0, 0.1) is 5.92 Å². The van der Waals surface area contributed by atoms with Gasteiger partial charge in [-0.1, -0.05) is 19.8 Å². The summed E-state index contributed by atoms with van der Waals surface area (Å²) >= 11 is 2.84. The molecule has 3 aromatic heterocycles. The number of hydrogen-bond donors (Lipinski definition) is 2. The third-order valence-electron chi connectivity index (χ3n) is 6.92. The van der Waals surface area contributed by atoms with Gasteiger partial charge < -0.3 is 15.8 Å². The van der Waals surface area contributed by atoms with Crippen LogP contribution in [0.1, 0.15) is 87.7 Å². The van der Waals surface area contributed by atoms with E-state index in [4.69, 9.17) is 15.5 Å². The Balaban J connectivity index is 1.50. The molecule has 3 heterocycles. The lowest BCUT2D eigenvalue weighted by atomic mass is 9.87. The van der Waals surface area contributed by atoms with Gasteiger partial charge in [0, 0.05) is 16.0 Å². The first-order chi connectivity index (χ1) is 16.5. The van der Waals surface area contributed by atoms with Crippen molar-refractivity contribution in [1.29, 1.82) is 0 Å². The number of rotatable bonds is 4. The zero-order chi connectivity index (χ0) is 23.8. The number of esters is 1. The number of nitrogens with zero attached hydrogens (tertiary/aromatic N) is 1. The minimum atomic E-state index is -0.358. The molecule has 0 saturated heterocycles. The van der Waals surface area contributed by atoms with Gasteiger partial charge in [-0.2, -0.15) is 0 Å². The number of fused-ring (bicyclic) bond motifs is 3. The minimum Gasteiger partial charge on any atom is -0.462 e. The van der Waals surface area contributed by atoms with Crippen LogP contribution in [-0.4, -0.2) is 23.5 Å². The number of amides is 1. The van der Waals surface area contributed by atoms with Crippen molar-refractivity contribution in [3.63, 3.8) is 0 Å². The molecule has 0 spiro atoms. The molecule has 3 N–H and O–H groups in total. The Morgan fingerprint density at radius 3 is 2.76 bits per heavy atom. The molecule has 6 nitrogen and oxygen atoms in total. The number of carbonyl (C=O) groups is 2. The molecule has 0 radical (unpaired) electrons. The summed E-state index contributed by atoms with van der Waals surface area (Å²) in [5.41, 5.74) is 10.9. The van der Waals surface area contributed by atoms with Crippen molar-refractivity contribution in [2.24, 2.45) is 5.92 Å². The molecule has 34 heavy (non-hydrogen) atoms. The third kappa shape index (κ3) is 4.33. The van der Waals surface area contributed by atoms with E-state index in [0.717, 1.165) is 72.8 Å². The maximum atomic E-state index is 13.4. The molecule has 2 aliphatic carbocycles. The molecular weight excluding hydrogens is 466 g/mol. The van der Waals surface area contributed by atoms with E-state index < -0.39 is 0 Å². The van der Waals surface area contributed by atoms with E-state index in [1.165, 1.54) is 39.5 Å². The first-order valence-electron chi connectivity index (χ1n) is 12.3. The van der Waals surface area contributed by atoms with Gasteiger partial charge in [-0.25, -0.2) is 9.78 Å². The number of pyridine rings is 1. The largest absolute Gasteiger partial charge is 0.462 e. The van der Waals surface area contributed by atoms with E-state index in [-0.39, 0.29) is 11.9 Å². The van der Waals surface area contributed by atoms with Crippen LogP contribution >= 0.6 is 22.7 Å². The molecule has 3 aromatic rings. The van der Waals surface area contributed by atoms with Crippen LogP contribution in [0.5, 0.6) is 0 Å². The van der Waals surface area contributed by atoms with E-state index in [0.29, 0.717) is 33.7 Å². The number of aromatic nitrogens is 1. The summed E-state index contributed by atoms with van der Waals surface area (Å²) in [6, 6.07) is 2.12. The molecule has 0 bridgehead atoms. The van der Waals surface area contributed by atoms with Gasteiger partial charge in [-0.3, -0.25) is 4.79 Å². The monoisotopic (exact) mass is 497 g/mol. The molecule has 1 unspecified atom stereocenters. The molecule has 0 fully saturated rings. The number of nitrogen functional groups attached to an aromatic ring is 1. The quantitative estimate of drug-likeness (QED) is 0.422. The van der Waals surface area contributed by atoms with E-state index in [1.54, 1.807) is 6.92 Å². The van der Waals surface area contributed by atoms with Gasteiger partial charge in [0.1, 0.15) is 14.7 Å². The molecule has 8 heteroatoms. The van der Waals surface area contributed by atoms with Crippen LogP contribution in [0.4, 0.5) is 10.7 Å². The highest BCUT2D eigenvalue weighted by molar-refractivity contribution is 7.21. The van der Waals surface area contributed by atoms with Crippen LogP contribution in [0.15, 0.2) is 6.07 Å². The fraction of sp³-hybridized carbons (Fsp3) is 0.500. The fourth-order valence-corrected chi connectivity index (χ4v) is 7.39. The molecule has 5 rings (SSSR count). The average Bonchev–Trinajstić information content (AvgIpc) is 3.29. The van der Waals surface area contributed by atoms with Gasteiger partial charge in [-0.05, 0) is 75.0 Å². The number of nitrogens with two attached hydrogens (primary N) is 1. The second-order valence-electron chi connectivity index (χ2n) is 9.44. The zero-order valence-corrected chi connectivity index (χ0v) is 21.4. The average molecular weight is 498 g/mol. The van der Waals surface area contributed by atoms with Gasteiger partial charge in [0.2, 0.25) is 0 Å². The van der Waals surface area contributed by atoms with E-state index in [1.807, 2.05) is 0 Å². The smallest absolute Gasteiger partial charge is 0.341 e. The molecule has 1 amide bonds. The lowest BCUT2D eigenvalue weighted by Crippen LogP contribution is -2.15. The summed E-state index contributed by atoms with van der Waals surface area (Å²) in [7, 11) is 0. The molecule has 1 atom stereocenters. The van der Waals surface area contributed by atoms with Crippen molar-refractivity contribution in [2.75, 3.05) is 17.7 Å². The Bertz CT molecular complexity index is 1260. The van der Waals surface area contributed by atoms with Crippen LogP contribution in [-0.2, 0) is 30.4 Å². The molecule has 2 aliphatic rings. The number of ether oxygens (including phenoxy) is 1. The second kappa shape index (κ2) is 9.66. The van der Waals surface area contributed by atoms with Gasteiger partial charge in [0.15, 0.2) is 0 Å². The van der Waals surface area contributed by atoms with E-state index >= 15 is 0 Å². The standard InChI is InChI=1S/C26H31N3O3S2/c1-3-32-26(31)20-16-8-6-4-5-7-9-19(16)33-25(20)29-23(30)22-21(27)17-13-15-12-14(2)10-11-18(15)28-24(17)34-22/h13-14H,3-12,27H2,1-2H3,(H,29,30). The SMILES string of the molecule is CCOC(=O)c1c(NC(=O)c2sc3nc4c(cc3c2N)CC(C)CC4)sc2c1CCCCCC2. The molecule has 0 aromatic carbocycles. The van der Waals surface area contributed by atoms with Crippen LogP contribution in [0.3, 0.4) is 0 Å². The summed E-state index contributed by atoms with van der Waals surface area (Å²) in [5.74, 6) is -0.0100. The topological polar surface area (TPSA) is 94.3 Å². The van der Waals surface area contributed by atoms with E-state index in [9.17, 15) is 9.59 Å². The number of aryl methyl sites for hydroxylation is 2. The Morgan fingerprint density at radius 2 is 1.97 bits per heavy atom. The van der Waals surface area contributed by atoms with Crippen LogP contribution < -0.4 is 11.1 Å².